The van der Waals surface area contributed by atoms with Crippen LogP contribution >= 0.6 is 11.3 Å². The lowest BCUT2D eigenvalue weighted by Gasteiger charge is -2.33. The molecule has 1 unspecified atom stereocenters. The highest BCUT2D eigenvalue weighted by Crippen LogP contribution is 2.45. The van der Waals surface area contributed by atoms with Crippen molar-refractivity contribution in [1.29, 1.82) is 0 Å². The highest BCUT2D eigenvalue weighted by molar-refractivity contribution is 7.16. The summed E-state index contributed by atoms with van der Waals surface area (Å²) in [6.45, 7) is 6.62. The van der Waals surface area contributed by atoms with Crippen molar-refractivity contribution in [2.45, 2.75) is 40.0 Å². The third kappa shape index (κ3) is 3.55. The number of aromatic amines is 1. The third-order valence-corrected chi connectivity index (χ3v) is 6.22. The molecule has 0 spiro atoms. The molecule has 0 bridgehead atoms. The lowest BCUT2D eigenvalue weighted by Crippen LogP contribution is -2.43. The smallest absolute Gasteiger partial charge is 0.435 e. The van der Waals surface area contributed by atoms with Gasteiger partial charge in [0.25, 0.3) is 0 Å². The van der Waals surface area contributed by atoms with Crippen molar-refractivity contribution in [3.63, 3.8) is 0 Å². The van der Waals surface area contributed by atoms with Gasteiger partial charge in [-0.3, -0.25) is 4.52 Å². The Morgan fingerprint density at radius 3 is 2.70 bits per heavy atom. The molecule has 2 aromatic heterocycles. The number of aliphatic imine (C=N–C) groups is 1. The highest BCUT2D eigenvalue weighted by Gasteiger charge is 2.34. The number of H-pyrrole nitrogens is 1. The number of ether oxygens (including phenoxy) is 1. The van der Waals surface area contributed by atoms with Gasteiger partial charge in [0.1, 0.15) is 5.00 Å². The lowest BCUT2D eigenvalue weighted by molar-refractivity contribution is -0.742. The molecule has 0 fully saturated rings. The number of thiophene rings is 1. The van der Waals surface area contributed by atoms with E-state index in [1.807, 2.05) is 0 Å². The fraction of sp³-hybridized carbons (Fsp3) is 0.556. The van der Waals surface area contributed by atoms with E-state index in [0.29, 0.717) is 11.5 Å². The van der Waals surface area contributed by atoms with Crippen molar-refractivity contribution in [2.24, 2.45) is 23.4 Å². The second-order valence-electron chi connectivity index (χ2n) is 7.79. The van der Waals surface area contributed by atoms with Crippen LogP contribution in [0.5, 0.6) is 0 Å². The first-order valence-corrected chi connectivity index (χ1v) is 9.51. The summed E-state index contributed by atoms with van der Waals surface area (Å²) in [6.07, 6.45) is 2.53. The van der Waals surface area contributed by atoms with Gasteiger partial charge >= 0.3 is 17.3 Å². The van der Waals surface area contributed by atoms with Gasteiger partial charge in [-0.2, -0.15) is 0 Å². The second-order valence-corrected chi connectivity index (χ2v) is 8.87. The Kier molecular flexibility index (Phi) is 4.98. The summed E-state index contributed by atoms with van der Waals surface area (Å²) in [7, 11) is 2.78. The third-order valence-electron chi connectivity index (χ3n) is 5.07. The molecule has 9 heteroatoms. The maximum Gasteiger partial charge on any atom is 0.435 e. The summed E-state index contributed by atoms with van der Waals surface area (Å²) >= 11 is 1.32. The van der Waals surface area contributed by atoms with E-state index in [9.17, 15) is 14.7 Å². The van der Waals surface area contributed by atoms with Crippen molar-refractivity contribution in [1.82, 2.24) is 5.27 Å². The molecule has 0 aliphatic heterocycles. The number of hydrogen-bond donors (Lipinski definition) is 1. The fourth-order valence-corrected chi connectivity index (χ4v) is 4.70. The number of carbonyl (C=O) groups is 1. The molecule has 1 N–H and O–H groups in total. The first kappa shape index (κ1) is 19.3. The van der Waals surface area contributed by atoms with Crippen molar-refractivity contribution < 1.29 is 23.8 Å². The zero-order valence-corrected chi connectivity index (χ0v) is 16.9. The minimum Gasteiger partial charge on any atom is -0.854 e. The van der Waals surface area contributed by atoms with Gasteiger partial charge in [-0.25, -0.2) is 14.6 Å². The number of esters is 1. The maximum absolute atomic E-state index is 12.5. The Bertz CT molecular complexity index is 961. The van der Waals surface area contributed by atoms with E-state index in [1.165, 1.54) is 25.5 Å². The van der Waals surface area contributed by atoms with Gasteiger partial charge in [-0.05, 0) is 41.4 Å². The summed E-state index contributed by atoms with van der Waals surface area (Å²) in [5, 5.41) is 15.1. The molecular formula is C18H23N3O5S. The summed E-state index contributed by atoms with van der Waals surface area (Å²) < 4.78 is 10.7. The topological polar surface area (TPSA) is 112 Å². The van der Waals surface area contributed by atoms with Crippen LogP contribution in [0.15, 0.2) is 14.3 Å². The van der Waals surface area contributed by atoms with Gasteiger partial charge in [0.2, 0.25) is 0 Å². The largest absolute Gasteiger partial charge is 0.854 e. The van der Waals surface area contributed by atoms with Crippen LogP contribution in [0.1, 0.15) is 53.7 Å². The van der Waals surface area contributed by atoms with E-state index in [0.717, 1.165) is 34.4 Å². The van der Waals surface area contributed by atoms with Crippen LogP contribution in [0, 0.1) is 11.3 Å². The number of aryl methyl sites for hydroxylation is 1. The molecule has 8 nitrogen and oxygen atoms in total. The first-order chi connectivity index (χ1) is 12.6. The van der Waals surface area contributed by atoms with Crippen molar-refractivity contribution in [2.75, 3.05) is 7.11 Å². The normalized spacial score (nSPS) is 17.7. The molecule has 1 atom stereocenters. The number of carbonyl (C=O) groups excluding carboxylic acids is 1. The van der Waals surface area contributed by atoms with E-state index >= 15 is 0 Å². The van der Waals surface area contributed by atoms with Crippen molar-refractivity contribution >= 4 is 28.2 Å². The Morgan fingerprint density at radius 2 is 2.15 bits per heavy atom. The molecule has 27 heavy (non-hydrogen) atoms. The van der Waals surface area contributed by atoms with Crippen LogP contribution < -0.4 is 15.4 Å². The Morgan fingerprint density at radius 1 is 1.44 bits per heavy atom. The molecule has 146 valence electrons. The van der Waals surface area contributed by atoms with Gasteiger partial charge in [0.05, 0.1) is 18.6 Å². The molecule has 1 aliphatic carbocycles. The van der Waals surface area contributed by atoms with Gasteiger partial charge in [-0.15, -0.1) is 11.3 Å². The van der Waals surface area contributed by atoms with Crippen LogP contribution in [-0.4, -0.2) is 24.2 Å². The molecule has 3 rings (SSSR count). The standard InChI is InChI=1S/C18H23N3O5S/c1-18(2,3)9-6-7-10-11(8-9)27-15(12(10)16(23)25-5)19-14(22)13-17(24)26-20-21(13)4/h9H,6-8H2,1-5H3,(H-,19,20,22,23,24). The number of nitrogens with zero attached hydrogens (tertiary/aromatic N) is 2. The molecule has 0 aromatic carbocycles. The quantitative estimate of drug-likeness (QED) is 0.365. The molecule has 2 heterocycles. The zero-order chi connectivity index (χ0) is 19.9. The molecular weight excluding hydrogens is 370 g/mol. The predicted octanol–water partition coefficient (Wildman–Crippen LogP) is 1.23. The van der Waals surface area contributed by atoms with E-state index in [2.05, 4.69) is 35.6 Å². The number of aromatic nitrogens is 2. The van der Waals surface area contributed by atoms with Crippen molar-refractivity contribution in [3.8, 4) is 0 Å². The van der Waals surface area contributed by atoms with Gasteiger partial charge in [-0.1, -0.05) is 25.5 Å². The maximum atomic E-state index is 12.5. The summed E-state index contributed by atoms with van der Waals surface area (Å²) in [6, 6.07) is 0. The summed E-state index contributed by atoms with van der Waals surface area (Å²) in [5.41, 5.74) is 0.354. The number of nitrogens with one attached hydrogen (secondary N) is 1. The minimum absolute atomic E-state index is 0.151. The fourth-order valence-electron chi connectivity index (χ4n) is 3.42. The highest BCUT2D eigenvalue weighted by atomic mass is 32.1. The van der Waals surface area contributed by atoms with E-state index in [-0.39, 0.29) is 16.1 Å². The van der Waals surface area contributed by atoms with Gasteiger partial charge < -0.3 is 9.84 Å². The molecule has 0 saturated carbocycles. The van der Waals surface area contributed by atoms with E-state index in [1.54, 1.807) is 0 Å². The monoisotopic (exact) mass is 393 g/mol. The van der Waals surface area contributed by atoms with Gasteiger partial charge in [0, 0.05) is 4.88 Å². The number of hydrogen-bond acceptors (Lipinski definition) is 7. The lowest BCUT2D eigenvalue weighted by atomic mass is 9.72. The zero-order valence-electron chi connectivity index (χ0n) is 16.0. The first-order valence-electron chi connectivity index (χ1n) is 8.70. The minimum atomic E-state index is -0.806. The summed E-state index contributed by atoms with van der Waals surface area (Å²) in [4.78, 5) is 29.2. The molecule has 2 aromatic rings. The molecule has 0 saturated heterocycles. The number of methoxy groups -OCH3 is 1. The van der Waals surface area contributed by atoms with Crippen LogP contribution in [0.2, 0.25) is 0 Å². The Balaban J connectivity index is 2.09. The second kappa shape index (κ2) is 6.95. The summed E-state index contributed by atoms with van der Waals surface area (Å²) in [5.74, 6) is -0.797. The molecule has 1 aliphatic rings. The number of fused-ring (bicyclic) bond motifs is 1. The Labute approximate surface area is 160 Å². The van der Waals surface area contributed by atoms with E-state index in [4.69, 9.17) is 4.74 Å². The SMILES string of the molecule is COC(=O)c1c(/N=C(\[O-])c2c(=O)o[nH][n+]2C)sc2c1CCC(C(C)(C)C)C2. The van der Waals surface area contributed by atoms with Crippen LogP contribution in [0.3, 0.4) is 0 Å². The van der Waals surface area contributed by atoms with Crippen LogP contribution in [-0.2, 0) is 24.6 Å². The average Bonchev–Trinajstić information content (AvgIpc) is 3.11. The van der Waals surface area contributed by atoms with E-state index < -0.39 is 17.5 Å². The molecule has 0 amide bonds. The molecule has 0 radical (unpaired) electrons. The average molecular weight is 393 g/mol. The Hall–Kier alpha value is -2.42. The van der Waals surface area contributed by atoms with Crippen LogP contribution in [0.4, 0.5) is 5.00 Å². The van der Waals surface area contributed by atoms with Crippen LogP contribution in [0.25, 0.3) is 0 Å². The van der Waals surface area contributed by atoms with Gasteiger partial charge in [0.15, 0.2) is 7.05 Å². The van der Waals surface area contributed by atoms with Crippen molar-refractivity contribution in [3.05, 3.63) is 32.1 Å². The number of rotatable bonds is 3. The predicted molar refractivity (Wildman–Crippen MR) is 97.3 cm³/mol.